The SMILES string of the molecule is COc1cc(OCc2cnc(Cl)cn2)ccc1-c1c[nH]c(-c2ccc(Cl)nc2)n1. The zero-order chi connectivity index (χ0) is 20.2. The number of methoxy groups -OCH3 is 1. The van der Waals surface area contributed by atoms with E-state index in [-0.39, 0.29) is 6.61 Å². The molecule has 4 aromatic rings. The van der Waals surface area contributed by atoms with E-state index >= 15 is 0 Å². The molecule has 0 aliphatic heterocycles. The van der Waals surface area contributed by atoms with Gasteiger partial charge in [-0.05, 0) is 24.3 Å². The molecule has 0 unspecified atom stereocenters. The highest BCUT2D eigenvalue weighted by atomic mass is 35.5. The summed E-state index contributed by atoms with van der Waals surface area (Å²) >= 11 is 11.6. The van der Waals surface area contributed by atoms with Crippen molar-refractivity contribution in [3.8, 4) is 34.1 Å². The molecule has 7 nitrogen and oxygen atoms in total. The van der Waals surface area contributed by atoms with Gasteiger partial charge in [0.25, 0.3) is 0 Å². The molecule has 1 N–H and O–H groups in total. The minimum absolute atomic E-state index is 0.267. The molecule has 3 aromatic heterocycles. The summed E-state index contributed by atoms with van der Waals surface area (Å²) in [6.45, 7) is 0.267. The van der Waals surface area contributed by atoms with Gasteiger partial charge in [0, 0.05) is 29.6 Å². The van der Waals surface area contributed by atoms with Gasteiger partial charge in [0.05, 0.1) is 30.9 Å². The van der Waals surface area contributed by atoms with Crippen LogP contribution in [0, 0.1) is 0 Å². The molecule has 0 saturated heterocycles. The van der Waals surface area contributed by atoms with Gasteiger partial charge in [-0.2, -0.15) is 0 Å². The predicted octanol–water partition coefficient (Wildman–Crippen LogP) is 4.82. The van der Waals surface area contributed by atoms with Gasteiger partial charge in [0.1, 0.15) is 34.2 Å². The second-order valence-electron chi connectivity index (χ2n) is 5.99. The number of hydrogen-bond donors (Lipinski definition) is 1. The fourth-order valence-electron chi connectivity index (χ4n) is 2.67. The minimum Gasteiger partial charge on any atom is -0.496 e. The second-order valence-corrected chi connectivity index (χ2v) is 6.76. The van der Waals surface area contributed by atoms with Crippen molar-refractivity contribution in [2.75, 3.05) is 7.11 Å². The van der Waals surface area contributed by atoms with Crippen LogP contribution < -0.4 is 9.47 Å². The van der Waals surface area contributed by atoms with Crippen LogP contribution in [0.25, 0.3) is 22.6 Å². The van der Waals surface area contributed by atoms with Crippen LogP contribution in [0.1, 0.15) is 5.69 Å². The number of ether oxygens (including phenoxy) is 2. The van der Waals surface area contributed by atoms with Gasteiger partial charge in [-0.25, -0.2) is 15.0 Å². The Morgan fingerprint density at radius 3 is 2.55 bits per heavy atom. The normalized spacial score (nSPS) is 10.7. The van der Waals surface area contributed by atoms with Crippen molar-refractivity contribution in [3.05, 3.63) is 71.1 Å². The van der Waals surface area contributed by atoms with Gasteiger partial charge in [-0.15, -0.1) is 0 Å². The summed E-state index contributed by atoms with van der Waals surface area (Å²) in [6, 6.07) is 9.11. The Labute approximate surface area is 176 Å². The third-order valence-electron chi connectivity index (χ3n) is 4.09. The van der Waals surface area contributed by atoms with Gasteiger partial charge in [-0.3, -0.25) is 4.98 Å². The first kappa shape index (κ1) is 19.2. The van der Waals surface area contributed by atoms with E-state index in [4.69, 9.17) is 32.7 Å². The lowest BCUT2D eigenvalue weighted by Crippen LogP contribution is -1.99. The van der Waals surface area contributed by atoms with Crippen molar-refractivity contribution in [1.29, 1.82) is 0 Å². The molecule has 0 atom stereocenters. The monoisotopic (exact) mass is 427 g/mol. The first-order valence-corrected chi connectivity index (χ1v) is 9.33. The van der Waals surface area contributed by atoms with Crippen molar-refractivity contribution in [2.24, 2.45) is 0 Å². The second kappa shape index (κ2) is 8.46. The van der Waals surface area contributed by atoms with E-state index < -0.39 is 0 Å². The number of aromatic amines is 1. The number of halogens is 2. The molecule has 9 heteroatoms. The highest BCUT2D eigenvalue weighted by Crippen LogP contribution is 2.33. The number of hydrogen-bond acceptors (Lipinski definition) is 6. The largest absolute Gasteiger partial charge is 0.496 e. The molecule has 0 bridgehead atoms. The fraction of sp³-hybridized carbons (Fsp3) is 0.100. The molecule has 0 saturated carbocycles. The molecule has 1 aromatic carbocycles. The maximum Gasteiger partial charge on any atom is 0.147 e. The van der Waals surface area contributed by atoms with Crippen LogP contribution in [0.4, 0.5) is 0 Å². The average Bonchev–Trinajstić information content (AvgIpc) is 3.23. The highest BCUT2D eigenvalue weighted by molar-refractivity contribution is 6.29. The molecule has 0 aliphatic rings. The molecule has 0 radical (unpaired) electrons. The summed E-state index contributed by atoms with van der Waals surface area (Å²) in [5.41, 5.74) is 3.08. The van der Waals surface area contributed by atoms with Crippen molar-refractivity contribution in [1.82, 2.24) is 24.9 Å². The smallest absolute Gasteiger partial charge is 0.147 e. The van der Waals surface area contributed by atoms with E-state index in [2.05, 4.69) is 24.9 Å². The van der Waals surface area contributed by atoms with E-state index in [0.29, 0.717) is 33.3 Å². The first-order chi connectivity index (χ1) is 14.1. The van der Waals surface area contributed by atoms with Gasteiger partial charge < -0.3 is 14.5 Å². The Morgan fingerprint density at radius 1 is 0.966 bits per heavy atom. The third-order valence-corrected chi connectivity index (χ3v) is 4.51. The number of rotatable bonds is 6. The topological polar surface area (TPSA) is 85.8 Å². The van der Waals surface area contributed by atoms with E-state index in [9.17, 15) is 0 Å². The zero-order valence-electron chi connectivity index (χ0n) is 15.3. The average molecular weight is 428 g/mol. The molecule has 29 heavy (non-hydrogen) atoms. The Kier molecular flexibility index (Phi) is 5.59. The van der Waals surface area contributed by atoms with Crippen LogP contribution in [0.5, 0.6) is 11.5 Å². The van der Waals surface area contributed by atoms with E-state index in [1.165, 1.54) is 6.20 Å². The molecular formula is C20H15Cl2N5O2. The standard InChI is InChI=1S/C20H15Cl2N5O2/c1-28-17-6-14(29-11-13-8-25-19(22)10-23-13)3-4-15(17)16-9-26-20(27-16)12-2-5-18(21)24-7-12/h2-10H,11H2,1H3,(H,26,27). The summed E-state index contributed by atoms with van der Waals surface area (Å²) in [7, 11) is 1.60. The number of benzene rings is 1. The molecular weight excluding hydrogens is 413 g/mol. The number of H-pyrrole nitrogens is 1. The van der Waals surface area contributed by atoms with Gasteiger partial charge in [0.2, 0.25) is 0 Å². The Hall–Kier alpha value is -3.16. The molecule has 4 rings (SSSR count). The summed E-state index contributed by atoms with van der Waals surface area (Å²) in [6.07, 6.45) is 6.53. The molecule has 0 spiro atoms. The minimum atomic E-state index is 0.267. The molecule has 0 aliphatic carbocycles. The number of pyridine rings is 1. The molecule has 146 valence electrons. The summed E-state index contributed by atoms with van der Waals surface area (Å²) in [5, 5.41) is 0.773. The maximum atomic E-state index is 5.84. The van der Waals surface area contributed by atoms with Crippen LogP contribution in [-0.2, 0) is 6.61 Å². The Bertz CT molecular complexity index is 1110. The Morgan fingerprint density at radius 2 is 1.83 bits per heavy atom. The van der Waals surface area contributed by atoms with Crippen LogP contribution in [0.15, 0.2) is 55.1 Å². The maximum absolute atomic E-state index is 5.84. The van der Waals surface area contributed by atoms with Gasteiger partial charge >= 0.3 is 0 Å². The van der Waals surface area contributed by atoms with Crippen LogP contribution in [0.3, 0.4) is 0 Å². The van der Waals surface area contributed by atoms with Crippen molar-refractivity contribution >= 4 is 23.2 Å². The van der Waals surface area contributed by atoms with Crippen molar-refractivity contribution < 1.29 is 9.47 Å². The summed E-state index contributed by atoms with van der Waals surface area (Å²) in [4.78, 5) is 20.0. The van der Waals surface area contributed by atoms with Crippen LogP contribution in [0.2, 0.25) is 10.3 Å². The lowest BCUT2D eigenvalue weighted by molar-refractivity contribution is 0.298. The first-order valence-electron chi connectivity index (χ1n) is 8.57. The Balaban J connectivity index is 1.54. The molecule has 3 heterocycles. The zero-order valence-corrected chi connectivity index (χ0v) is 16.8. The number of imidazole rings is 1. The van der Waals surface area contributed by atoms with Gasteiger partial charge in [0.15, 0.2) is 0 Å². The predicted molar refractivity (Wildman–Crippen MR) is 110 cm³/mol. The van der Waals surface area contributed by atoms with Crippen molar-refractivity contribution in [2.45, 2.75) is 6.61 Å². The highest BCUT2D eigenvalue weighted by Gasteiger charge is 2.12. The lowest BCUT2D eigenvalue weighted by Gasteiger charge is -2.10. The van der Waals surface area contributed by atoms with E-state index in [0.717, 1.165) is 16.8 Å². The fourth-order valence-corrected chi connectivity index (χ4v) is 2.88. The van der Waals surface area contributed by atoms with Crippen LogP contribution >= 0.6 is 23.2 Å². The third kappa shape index (κ3) is 4.47. The van der Waals surface area contributed by atoms with Crippen LogP contribution in [-0.4, -0.2) is 32.0 Å². The van der Waals surface area contributed by atoms with E-state index in [1.807, 2.05) is 24.4 Å². The number of aromatic nitrogens is 5. The number of nitrogens with one attached hydrogen (secondary N) is 1. The lowest BCUT2D eigenvalue weighted by atomic mass is 10.1. The summed E-state index contributed by atoms with van der Waals surface area (Å²) in [5.74, 6) is 1.96. The number of nitrogens with zero attached hydrogens (tertiary/aromatic N) is 4. The van der Waals surface area contributed by atoms with E-state index in [1.54, 1.807) is 31.6 Å². The summed E-state index contributed by atoms with van der Waals surface area (Å²) < 4.78 is 11.3. The molecule has 0 amide bonds. The quantitative estimate of drug-likeness (QED) is 0.443. The molecule has 0 fully saturated rings. The van der Waals surface area contributed by atoms with Gasteiger partial charge in [-0.1, -0.05) is 23.2 Å². The van der Waals surface area contributed by atoms with Crippen molar-refractivity contribution in [3.63, 3.8) is 0 Å².